The highest BCUT2D eigenvalue weighted by atomic mass is 16.6. The number of furan rings is 1. The van der Waals surface area contributed by atoms with Crippen LogP contribution in [0.3, 0.4) is 0 Å². The Balaban J connectivity index is 1.93. The fourth-order valence-electron chi connectivity index (χ4n) is 2.48. The van der Waals surface area contributed by atoms with Gasteiger partial charge in [-0.05, 0) is 12.5 Å². The van der Waals surface area contributed by atoms with E-state index in [0.717, 1.165) is 6.42 Å². The van der Waals surface area contributed by atoms with Crippen molar-refractivity contribution in [1.82, 2.24) is 0 Å². The maximum absolute atomic E-state index is 11.4. The van der Waals surface area contributed by atoms with Crippen LogP contribution in [-0.4, -0.2) is 12.4 Å². The highest BCUT2D eigenvalue weighted by Gasteiger charge is 2.09. The van der Waals surface area contributed by atoms with Gasteiger partial charge in [-0.3, -0.25) is 4.79 Å². The summed E-state index contributed by atoms with van der Waals surface area (Å²) in [6, 6.07) is 3.43. The highest BCUT2D eigenvalue weighted by Crippen LogP contribution is 2.18. The third kappa shape index (κ3) is 8.26. The van der Waals surface area contributed by atoms with E-state index in [1.165, 1.54) is 57.8 Å². The quantitative estimate of drug-likeness (QED) is 0.304. The smallest absolute Gasteiger partial charge is 0.284 e. The lowest BCUT2D eigenvalue weighted by Crippen LogP contribution is -1.97. The molecule has 0 unspecified atom stereocenters. The van der Waals surface area contributed by atoms with E-state index >= 15 is 0 Å². The molecule has 0 aromatic carbocycles. The first-order chi connectivity index (χ1) is 10.8. The van der Waals surface area contributed by atoms with Crippen molar-refractivity contribution in [2.24, 2.45) is 0 Å². The maximum atomic E-state index is 11.4. The summed E-state index contributed by atoms with van der Waals surface area (Å²) < 4.78 is 10.9. The van der Waals surface area contributed by atoms with Crippen LogP contribution in [0.5, 0.6) is 5.95 Å². The molecule has 3 nitrogen and oxygen atoms in total. The van der Waals surface area contributed by atoms with Gasteiger partial charge in [-0.15, -0.1) is 0 Å². The van der Waals surface area contributed by atoms with Crippen molar-refractivity contribution >= 4 is 5.78 Å². The molecule has 1 aromatic rings. The van der Waals surface area contributed by atoms with E-state index in [-0.39, 0.29) is 5.78 Å². The second kappa shape index (κ2) is 12.3. The van der Waals surface area contributed by atoms with Crippen LogP contribution >= 0.6 is 0 Å². The first kappa shape index (κ1) is 18.8. The van der Waals surface area contributed by atoms with Gasteiger partial charge in [0.2, 0.25) is 0 Å². The Kier molecular flexibility index (Phi) is 10.5. The van der Waals surface area contributed by atoms with E-state index in [0.29, 0.717) is 24.7 Å². The molecule has 0 spiro atoms. The fourth-order valence-corrected chi connectivity index (χ4v) is 2.48. The Labute approximate surface area is 135 Å². The standard InChI is InChI=1S/C19H32O3/c1-3-5-6-7-8-9-10-11-12-13-16-21-19-15-14-18(22-19)17(20)4-2/h14-15H,3-13,16H2,1-2H3. The van der Waals surface area contributed by atoms with Crippen LogP contribution in [0.1, 0.15) is 95.0 Å². The predicted molar refractivity (Wildman–Crippen MR) is 90.7 cm³/mol. The van der Waals surface area contributed by atoms with Gasteiger partial charge in [0.05, 0.1) is 6.61 Å². The second-order valence-corrected chi connectivity index (χ2v) is 5.93. The molecule has 126 valence electrons. The number of hydrogen-bond donors (Lipinski definition) is 0. The molecule has 0 aliphatic carbocycles. The molecular formula is C19H32O3. The van der Waals surface area contributed by atoms with Crippen LogP contribution in [-0.2, 0) is 0 Å². The van der Waals surface area contributed by atoms with Crippen molar-refractivity contribution < 1.29 is 13.9 Å². The summed E-state index contributed by atoms with van der Waals surface area (Å²) in [4.78, 5) is 11.4. The number of ether oxygens (including phenoxy) is 1. The topological polar surface area (TPSA) is 39.4 Å². The van der Waals surface area contributed by atoms with E-state index in [2.05, 4.69) is 6.92 Å². The van der Waals surface area contributed by atoms with Crippen LogP contribution in [0.15, 0.2) is 16.5 Å². The van der Waals surface area contributed by atoms with Gasteiger partial charge >= 0.3 is 0 Å². The van der Waals surface area contributed by atoms with Gasteiger partial charge in [-0.25, -0.2) is 0 Å². The van der Waals surface area contributed by atoms with Crippen molar-refractivity contribution in [1.29, 1.82) is 0 Å². The summed E-state index contributed by atoms with van der Waals surface area (Å²) in [5, 5.41) is 0. The zero-order valence-electron chi connectivity index (χ0n) is 14.4. The predicted octanol–water partition coefficient (Wildman–Crippen LogP) is 6.17. The lowest BCUT2D eigenvalue weighted by atomic mass is 10.1. The van der Waals surface area contributed by atoms with E-state index in [9.17, 15) is 4.79 Å². The summed E-state index contributed by atoms with van der Waals surface area (Å²) in [6.45, 7) is 4.76. The molecule has 1 rings (SSSR count). The monoisotopic (exact) mass is 308 g/mol. The first-order valence-corrected chi connectivity index (χ1v) is 9.03. The first-order valence-electron chi connectivity index (χ1n) is 9.03. The van der Waals surface area contributed by atoms with Gasteiger partial charge in [-0.1, -0.05) is 71.6 Å². The molecule has 22 heavy (non-hydrogen) atoms. The molecule has 0 saturated heterocycles. The Morgan fingerprint density at radius 1 is 0.909 bits per heavy atom. The van der Waals surface area contributed by atoms with Crippen LogP contribution < -0.4 is 4.74 Å². The van der Waals surface area contributed by atoms with Gasteiger partial charge in [0.1, 0.15) is 0 Å². The van der Waals surface area contributed by atoms with Gasteiger partial charge in [0.25, 0.3) is 5.95 Å². The fraction of sp³-hybridized carbons (Fsp3) is 0.737. The Morgan fingerprint density at radius 2 is 1.50 bits per heavy atom. The minimum Gasteiger partial charge on any atom is -0.465 e. The van der Waals surface area contributed by atoms with Crippen molar-refractivity contribution in [2.45, 2.75) is 84.5 Å². The Bertz CT molecular complexity index is 395. The Morgan fingerprint density at radius 3 is 2.09 bits per heavy atom. The number of carbonyl (C=O) groups is 1. The molecule has 3 heteroatoms. The normalized spacial score (nSPS) is 10.8. The summed E-state index contributed by atoms with van der Waals surface area (Å²) in [6.07, 6.45) is 13.6. The minimum atomic E-state index is 0.0220. The molecule has 0 atom stereocenters. The molecule has 1 heterocycles. The third-order valence-electron chi connectivity index (χ3n) is 3.92. The van der Waals surface area contributed by atoms with E-state index in [1.54, 1.807) is 12.1 Å². The number of unbranched alkanes of at least 4 members (excludes halogenated alkanes) is 9. The number of carbonyl (C=O) groups excluding carboxylic acids is 1. The van der Waals surface area contributed by atoms with E-state index in [1.807, 2.05) is 6.92 Å². The summed E-state index contributed by atoms with van der Waals surface area (Å²) in [5.41, 5.74) is 0. The number of rotatable bonds is 14. The second-order valence-electron chi connectivity index (χ2n) is 5.93. The van der Waals surface area contributed by atoms with Gasteiger partial charge in [0.15, 0.2) is 11.5 Å². The number of hydrogen-bond acceptors (Lipinski definition) is 3. The van der Waals surface area contributed by atoms with Crippen LogP contribution in [0.25, 0.3) is 0 Å². The molecular weight excluding hydrogens is 276 g/mol. The molecule has 0 amide bonds. The van der Waals surface area contributed by atoms with E-state index < -0.39 is 0 Å². The molecule has 0 saturated carbocycles. The lowest BCUT2D eigenvalue weighted by Gasteiger charge is -2.03. The van der Waals surface area contributed by atoms with Crippen LogP contribution in [0, 0.1) is 0 Å². The largest absolute Gasteiger partial charge is 0.465 e. The van der Waals surface area contributed by atoms with E-state index in [4.69, 9.17) is 9.15 Å². The molecule has 0 radical (unpaired) electrons. The number of ketones is 1. The van der Waals surface area contributed by atoms with Gasteiger partial charge in [0, 0.05) is 12.5 Å². The van der Waals surface area contributed by atoms with Crippen molar-refractivity contribution in [3.8, 4) is 5.95 Å². The zero-order valence-corrected chi connectivity index (χ0v) is 14.4. The highest BCUT2D eigenvalue weighted by molar-refractivity contribution is 5.93. The van der Waals surface area contributed by atoms with Crippen molar-refractivity contribution in [3.05, 3.63) is 17.9 Å². The molecule has 0 N–H and O–H groups in total. The van der Waals surface area contributed by atoms with Gasteiger partial charge < -0.3 is 9.15 Å². The Hall–Kier alpha value is -1.25. The van der Waals surface area contributed by atoms with Crippen LogP contribution in [0.4, 0.5) is 0 Å². The van der Waals surface area contributed by atoms with Gasteiger partial charge in [-0.2, -0.15) is 0 Å². The number of Topliss-reactive ketones (excluding diaryl/α,β-unsaturated/α-hetero) is 1. The summed E-state index contributed by atoms with van der Waals surface area (Å²) >= 11 is 0. The molecule has 0 aliphatic rings. The third-order valence-corrected chi connectivity index (χ3v) is 3.92. The average molecular weight is 308 g/mol. The minimum absolute atomic E-state index is 0.0220. The molecule has 0 bridgehead atoms. The zero-order chi connectivity index (χ0) is 16.0. The van der Waals surface area contributed by atoms with Crippen molar-refractivity contribution in [3.63, 3.8) is 0 Å². The molecule has 1 aromatic heterocycles. The van der Waals surface area contributed by atoms with Crippen molar-refractivity contribution in [2.75, 3.05) is 6.61 Å². The molecule has 0 aliphatic heterocycles. The summed E-state index contributed by atoms with van der Waals surface area (Å²) in [7, 11) is 0. The SMILES string of the molecule is CCCCCCCCCCCCOc1ccc(C(=O)CC)o1. The summed E-state index contributed by atoms with van der Waals surface area (Å²) in [5.74, 6) is 0.891. The van der Waals surface area contributed by atoms with Crippen LogP contribution in [0.2, 0.25) is 0 Å². The lowest BCUT2D eigenvalue weighted by molar-refractivity contribution is 0.0952. The maximum Gasteiger partial charge on any atom is 0.284 e. The average Bonchev–Trinajstić information content (AvgIpc) is 3.00. The molecule has 0 fully saturated rings.